The highest BCUT2D eigenvalue weighted by Crippen LogP contribution is 2.38. The summed E-state index contributed by atoms with van der Waals surface area (Å²) in [5, 5.41) is 25.6. The van der Waals surface area contributed by atoms with Gasteiger partial charge in [-0.15, -0.1) is 0 Å². The summed E-state index contributed by atoms with van der Waals surface area (Å²) in [6.07, 6.45) is 9.70. The lowest BCUT2D eigenvalue weighted by molar-refractivity contribution is -0.0375. The number of aliphatic hydroxyl groups is 2. The van der Waals surface area contributed by atoms with Crippen molar-refractivity contribution >= 4 is 43.6 Å². The number of nitrogens with zero attached hydrogens (tertiary/aromatic N) is 2. The van der Waals surface area contributed by atoms with Crippen molar-refractivity contribution in [3.8, 4) is 0 Å². The molecule has 4 aromatic carbocycles. The second-order valence-corrected chi connectivity index (χ2v) is 11.3. The molecule has 40 heavy (non-hydrogen) atoms. The van der Waals surface area contributed by atoms with Crippen LogP contribution in [0.3, 0.4) is 0 Å². The molecule has 6 aromatic rings. The topological polar surface area (TPSA) is 50.3 Å². The average molecular weight is 529 g/mol. The van der Waals surface area contributed by atoms with Crippen LogP contribution < -0.4 is 0 Å². The lowest BCUT2D eigenvalue weighted by atomic mass is 9.89. The minimum Gasteiger partial charge on any atom is -0.390 e. The number of allylic oxidation sites excluding steroid dienone is 2. The number of fused-ring (bicyclic) bond motifs is 6. The lowest BCUT2D eigenvalue weighted by Crippen LogP contribution is -2.38. The predicted octanol–water partition coefficient (Wildman–Crippen LogP) is 8.32. The summed E-state index contributed by atoms with van der Waals surface area (Å²) >= 11 is 0. The van der Waals surface area contributed by atoms with E-state index >= 15 is 0 Å². The smallest absolute Gasteiger partial charge is 0.101 e. The molecule has 2 unspecified atom stereocenters. The van der Waals surface area contributed by atoms with Crippen molar-refractivity contribution in [2.75, 3.05) is 0 Å². The van der Waals surface area contributed by atoms with Crippen LogP contribution >= 0.6 is 0 Å². The first-order valence-electron chi connectivity index (χ1n) is 14.7. The zero-order valence-corrected chi connectivity index (χ0v) is 22.7. The fourth-order valence-corrected chi connectivity index (χ4v) is 7.05. The van der Waals surface area contributed by atoms with E-state index < -0.39 is 12.2 Å². The molecule has 2 aliphatic carbocycles. The lowest BCUT2D eigenvalue weighted by Gasteiger charge is -2.33. The summed E-state index contributed by atoms with van der Waals surface area (Å²) in [5.74, 6) is 0. The van der Waals surface area contributed by atoms with Crippen LogP contribution in [0.1, 0.15) is 50.6 Å². The second kappa shape index (κ2) is 10.6. The molecule has 8 rings (SSSR count). The Morgan fingerprint density at radius 2 is 1.00 bits per heavy atom. The van der Waals surface area contributed by atoms with Crippen LogP contribution in [0.4, 0.5) is 0 Å². The molecule has 1 fully saturated rings. The van der Waals surface area contributed by atoms with E-state index in [4.69, 9.17) is 0 Å². The molecule has 0 spiro atoms. The zero-order chi connectivity index (χ0) is 27.1. The molecular formula is C36H36N2O2. The number of aliphatic hydroxyl groups excluding tert-OH is 2. The second-order valence-electron chi connectivity index (χ2n) is 11.3. The minimum atomic E-state index is -0.696. The maximum Gasteiger partial charge on any atom is 0.101 e. The fourth-order valence-electron chi connectivity index (χ4n) is 7.05. The SMILES string of the molecule is C1=CC(n2c3ccccc3c3ccccc32)CCC1.O[C@@H]1CCCC(n2c3ccccc3c3ccccc32)[C@@H]1O. The van der Waals surface area contributed by atoms with E-state index in [2.05, 4.69) is 94.1 Å². The Kier molecular flexibility index (Phi) is 6.66. The Balaban J connectivity index is 0.000000133. The van der Waals surface area contributed by atoms with Crippen LogP contribution in [-0.2, 0) is 0 Å². The Hall–Kier alpha value is -3.86. The van der Waals surface area contributed by atoms with Crippen molar-refractivity contribution in [3.63, 3.8) is 0 Å². The van der Waals surface area contributed by atoms with E-state index in [0.717, 1.165) is 23.9 Å². The molecule has 0 aliphatic heterocycles. The van der Waals surface area contributed by atoms with Crippen LogP contribution in [0, 0.1) is 0 Å². The van der Waals surface area contributed by atoms with Gasteiger partial charge in [-0.05, 0) is 62.8 Å². The van der Waals surface area contributed by atoms with Gasteiger partial charge in [0.25, 0.3) is 0 Å². The summed E-state index contributed by atoms with van der Waals surface area (Å²) in [4.78, 5) is 0. The van der Waals surface area contributed by atoms with Crippen LogP contribution in [-0.4, -0.2) is 31.6 Å². The number of hydrogen-bond donors (Lipinski definition) is 2. The third-order valence-electron chi connectivity index (χ3n) is 8.92. The first-order valence-corrected chi connectivity index (χ1v) is 14.7. The predicted molar refractivity (Wildman–Crippen MR) is 166 cm³/mol. The van der Waals surface area contributed by atoms with Gasteiger partial charge in [-0.2, -0.15) is 0 Å². The van der Waals surface area contributed by atoms with Crippen molar-refractivity contribution in [2.45, 2.75) is 62.8 Å². The summed E-state index contributed by atoms with van der Waals surface area (Å²) in [7, 11) is 0. The highest BCUT2D eigenvalue weighted by Gasteiger charge is 2.33. The number of aromatic nitrogens is 2. The van der Waals surface area contributed by atoms with E-state index in [9.17, 15) is 10.2 Å². The van der Waals surface area contributed by atoms with E-state index in [1.807, 2.05) is 24.3 Å². The van der Waals surface area contributed by atoms with E-state index in [1.165, 1.54) is 51.8 Å². The van der Waals surface area contributed by atoms with Crippen LogP contribution in [0.5, 0.6) is 0 Å². The molecule has 4 nitrogen and oxygen atoms in total. The van der Waals surface area contributed by atoms with Gasteiger partial charge < -0.3 is 19.3 Å². The molecule has 4 heteroatoms. The van der Waals surface area contributed by atoms with Gasteiger partial charge in [-0.1, -0.05) is 84.9 Å². The maximum absolute atomic E-state index is 10.5. The maximum atomic E-state index is 10.5. The first kappa shape index (κ1) is 25.1. The molecule has 1 saturated carbocycles. The van der Waals surface area contributed by atoms with Crippen molar-refractivity contribution in [2.24, 2.45) is 0 Å². The molecule has 202 valence electrons. The quantitative estimate of drug-likeness (QED) is 0.222. The van der Waals surface area contributed by atoms with Crippen LogP contribution in [0.15, 0.2) is 109 Å². The molecule has 2 heterocycles. The van der Waals surface area contributed by atoms with Crippen LogP contribution in [0.2, 0.25) is 0 Å². The number of rotatable bonds is 2. The summed E-state index contributed by atoms with van der Waals surface area (Å²) < 4.78 is 4.73. The third kappa shape index (κ3) is 4.23. The van der Waals surface area contributed by atoms with E-state index in [-0.39, 0.29) is 6.04 Å². The number of hydrogen-bond acceptors (Lipinski definition) is 2. The highest BCUT2D eigenvalue weighted by atomic mass is 16.3. The standard InChI is InChI=1S/C18H19NO2.C18H17N/c20-17-11-5-10-16(18(17)21)19-14-8-3-1-6-12(14)13-7-2-4-9-15(13)19;1-2-8-14(9-3-1)19-17-12-6-4-10-15(17)16-11-5-7-13-18(16)19/h1-4,6-9,16-18,20-21H,5,10-11H2;2,4-8,10-14H,1,3,9H2/t16?,17-,18+;/m1./s1. The molecular weight excluding hydrogens is 492 g/mol. The summed E-state index contributed by atoms with van der Waals surface area (Å²) in [5.41, 5.74) is 4.99. The largest absolute Gasteiger partial charge is 0.390 e. The van der Waals surface area contributed by atoms with Crippen molar-refractivity contribution < 1.29 is 10.2 Å². The van der Waals surface area contributed by atoms with Gasteiger partial charge in [-0.25, -0.2) is 0 Å². The van der Waals surface area contributed by atoms with Gasteiger partial charge >= 0.3 is 0 Å². The summed E-state index contributed by atoms with van der Waals surface area (Å²) in [6, 6.07) is 34.6. The Bertz CT molecular complexity index is 1720. The molecule has 4 atom stereocenters. The molecule has 0 amide bonds. The van der Waals surface area contributed by atoms with Gasteiger partial charge in [0.05, 0.1) is 18.2 Å². The first-order chi connectivity index (χ1) is 19.7. The Morgan fingerprint density at radius 1 is 0.525 bits per heavy atom. The van der Waals surface area contributed by atoms with Gasteiger partial charge in [0.15, 0.2) is 0 Å². The molecule has 0 saturated heterocycles. The van der Waals surface area contributed by atoms with Crippen molar-refractivity contribution in [3.05, 3.63) is 109 Å². The van der Waals surface area contributed by atoms with Crippen LogP contribution in [0.25, 0.3) is 43.6 Å². The molecule has 0 bridgehead atoms. The monoisotopic (exact) mass is 528 g/mol. The van der Waals surface area contributed by atoms with E-state index in [0.29, 0.717) is 12.5 Å². The Morgan fingerprint density at radius 3 is 1.48 bits per heavy atom. The van der Waals surface area contributed by atoms with Gasteiger partial charge in [-0.3, -0.25) is 0 Å². The Labute approximate surface area is 234 Å². The number of para-hydroxylation sites is 4. The molecule has 2 aromatic heterocycles. The highest BCUT2D eigenvalue weighted by molar-refractivity contribution is 6.09. The number of benzene rings is 4. The summed E-state index contributed by atoms with van der Waals surface area (Å²) in [6.45, 7) is 0. The van der Waals surface area contributed by atoms with Gasteiger partial charge in [0, 0.05) is 43.6 Å². The van der Waals surface area contributed by atoms with Gasteiger partial charge in [0.1, 0.15) is 6.10 Å². The normalized spacial score (nSPS) is 23.1. The average Bonchev–Trinajstić information content (AvgIpc) is 3.53. The fraction of sp³-hybridized carbons (Fsp3) is 0.278. The zero-order valence-electron chi connectivity index (χ0n) is 22.7. The van der Waals surface area contributed by atoms with Crippen molar-refractivity contribution in [1.29, 1.82) is 0 Å². The third-order valence-corrected chi connectivity index (χ3v) is 8.92. The van der Waals surface area contributed by atoms with Crippen molar-refractivity contribution in [1.82, 2.24) is 9.13 Å². The van der Waals surface area contributed by atoms with Gasteiger partial charge in [0.2, 0.25) is 0 Å². The molecule has 0 radical (unpaired) electrons. The minimum absolute atomic E-state index is 0.0569. The molecule has 2 N–H and O–H groups in total. The van der Waals surface area contributed by atoms with E-state index in [1.54, 1.807) is 0 Å². The molecule has 2 aliphatic rings.